The predicted molar refractivity (Wildman–Crippen MR) is 50.2 cm³/mol. The number of hydrogen-bond donors (Lipinski definition) is 1. The molecule has 0 saturated carbocycles. The summed E-state index contributed by atoms with van der Waals surface area (Å²) in [5.41, 5.74) is 0.618. The van der Waals surface area contributed by atoms with Crippen LogP contribution in [0.3, 0.4) is 0 Å². The highest BCUT2D eigenvalue weighted by molar-refractivity contribution is 8.00. The minimum atomic E-state index is -0.878. The molecule has 14 heavy (non-hydrogen) atoms. The molecule has 0 radical (unpaired) electrons. The Labute approximate surface area is 83.1 Å². The maximum atomic E-state index is 10.4. The minimum Gasteiger partial charge on any atom is -0.481 e. The number of carbonyl (C=O) groups is 1. The van der Waals surface area contributed by atoms with Crippen molar-refractivity contribution in [3.8, 4) is 0 Å². The van der Waals surface area contributed by atoms with Gasteiger partial charge in [-0.25, -0.2) is 0 Å². The van der Waals surface area contributed by atoms with Gasteiger partial charge in [0, 0.05) is 0 Å². The van der Waals surface area contributed by atoms with E-state index in [4.69, 9.17) is 9.52 Å². The van der Waals surface area contributed by atoms with Crippen molar-refractivity contribution in [3.05, 3.63) is 18.5 Å². The first-order chi connectivity index (χ1) is 6.77. The van der Waals surface area contributed by atoms with E-state index in [1.807, 2.05) is 0 Å². The molecule has 0 spiro atoms. The van der Waals surface area contributed by atoms with E-state index in [0.29, 0.717) is 10.6 Å². The largest absolute Gasteiger partial charge is 0.481 e. The van der Waals surface area contributed by atoms with Gasteiger partial charge in [-0.3, -0.25) is 4.79 Å². The van der Waals surface area contributed by atoms with E-state index < -0.39 is 5.97 Å². The van der Waals surface area contributed by atoms with Gasteiger partial charge < -0.3 is 9.52 Å². The highest BCUT2D eigenvalue weighted by atomic mass is 32.2. The molecule has 0 aliphatic carbocycles. The molecule has 5 nitrogen and oxygen atoms in total. The number of aliphatic carboxylic acids is 1. The number of thioether (sulfide) groups is 1. The molecule has 0 fully saturated rings. The Morgan fingerprint density at radius 3 is 3.29 bits per heavy atom. The SMILES string of the molecule is O=C(O)CSc1nncc2occc12. The summed E-state index contributed by atoms with van der Waals surface area (Å²) in [6.07, 6.45) is 3.03. The molecule has 6 heteroatoms. The number of aromatic nitrogens is 2. The Morgan fingerprint density at radius 1 is 1.64 bits per heavy atom. The third-order valence-electron chi connectivity index (χ3n) is 1.58. The van der Waals surface area contributed by atoms with Crippen molar-refractivity contribution in [2.24, 2.45) is 0 Å². The van der Waals surface area contributed by atoms with Crippen LogP contribution < -0.4 is 0 Å². The molecule has 0 bridgehead atoms. The molecule has 0 aromatic carbocycles. The lowest BCUT2D eigenvalue weighted by Crippen LogP contribution is -1.98. The summed E-state index contributed by atoms with van der Waals surface area (Å²) in [5, 5.41) is 17.4. The van der Waals surface area contributed by atoms with E-state index in [1.54, 1.807) is 6.07 Å². The molecule has 2 rings (SSSR count). The van der Waals surface area contributed by atoms with Gasteiger partial charge in [-0.05, 0) is 6.07 Å². The second-order valence-electron chi connectivity index (χ2n) is 2.53. The van der Waals surface area contributed by atoms with Crippen LogP contribution in [0, 0.1) is 0 Å². The molecule has 0 aliphatic rings. The van der Waals surface area contributed by atoms with E-state index in [2.05, 4.69) is 10.2 Å². The second-order valence-corrected chi connectivity index (χ2v) is 3.49. The average molecular weight is 210 g/mol. The zero-order valence-corrected chi connectivity index (χ0v) is 7.82. The first kappa shape index (κ1) is 9.01. The third-order valence-corrected chi connectivity index (χ3v) is 2.55. The molecule has 0 unspecified atom stereocenters. The van der Waals surface area contributed by atoms with Crippen molar-refractivity contribution >= 4 is 28.7 Å². The molecule has 2 heterocycles. The number of carboxylic acids is 1. The Morgan fingerprint density at radius 2 is 2.50 bits per heavy atom. The maximum absolute atomic E-state index is 10.4. The summed E-state index contributed by atoms with van der Waals surface area (Å²) in [7, 11) is 0. The third kappa shape index (κ3) is 1.69. The zero-order valence-electron chi connectivity index (χ0n) is 7.01. The standard InChI is InChI=1S/C8H6N2O3S/c11-7(12)4-14-8-5-1-2-13-6(5)3-9-10-8/h1-3H,4H2,(H,11,12). The van der Waals surface area contributed by atoms with Gasteiger partial charge in [0.1, 0.15) is 5.03 Å². The monoisotopic (exact) mass is 210 g/mol. The Balaban J connectivity index is 2.32. The molecular formula is C8H6N2O3S. The smallest absolute Gasteiger partial charge is 0.313 e. The highest BCUT2D eigenvalue weighted by Gasteiger charge is 2.08. The zero-order chi connectivity index (χ0) is 9.97. The van der Waals surface area contributed by atoms with Crippen LogP contribution in [0.25, 0.3) is 11.0 Å². The van der Waals surface area contributed by atoms with Crippen molar-refractivity contribution in [3.63, 3.8) is 0 Å². The first-order valence-corrected chi connectivity index (χ1v) is 4.79. The Hall–Kier alpha value is -1.56. The Bertz CT molecular complexity index is 468. The van der Waals surface area contributed by atoms with Crippen molar-refractivity contribution in [2.75, 3.05) is 5.75 Å². The molecule has 0 atom stereocenters. The summed E-state index contributed by atoms with van der Waals surface area (Å²) in [6.45, 7) is 0. The lowest BCUT2D eigenvalue weighted by atomic mass is 10.4. The number of fused-ring (bicyclic) bond motifs is 1. The van der Waals surface area contributed by atoms with Crippen molar-refractivity contribution in [1.82, 2.24) is 10.2 Å². The predicted octanol–water partition coefficient (Wildman–Crippen LogP) is 1.40. The molecule has 72 valence electrons. The lowest BCUT2D eigenvalue weighted by Gasteiger charge is -1.96. The van der Waals surface area contributed by atoms with Crippen LogP contribution in [0.2, 0.25) is 0 Å². The second kappa shape index (κ2) is 3.67. The van der Waals surface area contributed by atoms with E-state index in [9.17, 15) is 4.79 Å². The molecule has 0 saturated heterocycles. The van der Waals surface area contributed by atoms with Crippen LogP contribution in [0.5, 0.6) is 0 Å². The van der Waals surface area contributed by atoms with Crippen LogP contribution in [0.15, 0.2) is 28.0 Å². The number of hydrogen-bond acceptors (Lipinski definition) is 5. The average Bonchev–Trinajstić information content (AvgIpc) is 2.62. The van der Waals surface area contributed by atoms with E-state index in [-0.39, 0.29) is 5.75 Å². The number of carboxylic acid groups (broad SMARTS) is 1. The van der Waals surface area contributed by atoms with Crippen LogP contribution in [-0.2, 0) is 4.79 Å². The van der Waals surface area contributed by atoms with Gasteiger partial charge >= 0.3 is 5.97 Å². The van der Waals surface area contributed by atoms with Gasteiger partial charge in [-0.1, -0.05) is 11.8 Å². The molecule has 0 aliphatic heterocycles. The fraction of sp³-hybridized carbons (Fsp3) is 0.125. The number of furan rings is 1. The van der Waals surface area contributed by atoms with Gasteiger partial charge in [-0.15, -0.1) is 5.10 Å². The van der Waals surface area contributed by atoms with Crippen LogP contribution in [0.4, 0.5) is 0 Å². The fourth-order valence-electron chi connectivity index (χ4n) is 1.02. The number of nitrogens with zero attached hydrogens (tertiary/aromatic N) is 2. The van der Waals surface area contributed by atoms with Crippen LogP contribution >= 0.6 is 11.8 Å². The normalized spacial score (nSPS) is 10.6. The van der Waals surface area contributed by atoms with Gasteiger partial charge in [-0.2, -0.15) is 5.10 Å². The van der Waals surface area contributed by atoms with Crippen molar-refractivity contribution < 1.29 is 14.3 Å². The highest BCUT2D eigenvalue weighted by Crippen LogP contribution is 2.24. The van der Waals surface area contributed by atoms with Gasteiger partial charge in [0.15, 0.2) is 5.58 Å². The topological polar surface area (TPSA) is 76.2 Å². The molecular weight excluding hydrogens is 204 g/mol. The van der Waals surface area contributed by atoms with Crippen LogP contribution in [0.1, 0.15) is 0 Å². The quantitative estimate of drug-likeness (QED) is 0.771. The summed E-state index contributed by atoms with van der Waals surface area (Å²) >= 11 is 1.13. The van der Waals surface area contributed by atoms with Crippen molar-refractivity contribution in [1.29, 1.82) is 0 Å². The maximum Gasteiger partial charge on any atom is 0.313 e. The first-order valence-electron chi connectivity index (χ1n) is 3.81. The summed E-state index contributed by atoms with van der Waals surface area (Å²) in [6, 6.07) is 1.74. The molecule has 2 aromatic rings. The minimum absolute atomic E-state index is 0.0288. The summed E-state index contributed by atoms with van der Waals surface area (Å²) in [4.78, 5) is 10.4. The van der Waals surface area contributed by atoms with Gasteiger partial charge in [0.05, 0.1) is 23.6 Å². The Kier molecular flexibility index (Phi) is 2.36. The summed E-state index contributed by atoms with van der Waals surface area (Å²) < 4.78 is 5.10. The van der Waals surface area contributed by atoms with Crippen molar-refractivity contribution in [2.45, 2.75) is 5.03 Å². The number of rotatable bonds is 3. The molecule has 2 aromatic heterocycles. The lowest BCUT2D eigenvalue weighted by molar-refractivity contribution is -0.133. The molecule has 1 N–H and O–H groups in total. The van der Waals surface area contributed by atoms with Gasteiger partial charge in [0.2, 0.25) is 0 Å². The van der Waals surface area contributed by atoms with E-state index >= 15 is 0 Å². The van der Waals surface area contributed by atoms with Crippen LogP contribution in [-0.4, -0.2) is 27.0 Å². The van der Waals surface area contributed by atoms with E-state index in [1.165, 1.54) is 12.5 Å². The summed E-state index contributed by atoms with van der Waals surface area (Å²) in [5.74, 6) is -0.906. The molecule has 0 amide bonds. The fourth-order valence-corrected chi connectivity index (χ4v) is 1.71. The van der Waals surface area contributed by atoms with E-state index in [0.717, 1.165) is 17.1 Å². The van der Waals surface area contributed by atoms with Gasteiger partial charge in [0.25, 0.3) is 0 Å².